The van der Waals surface area contributed by atoms with E-state index in [0.29, 0.717) is 12.2 Å². The molecule has 1 N–H and O–H groups in total. The monoisotopic (exact) mass is 293 g/mol. The topological polar surface area (TPSA) is 47.6 Å². The third-order valence-corrected chi connectivity index (χ3v) is 3.18. The molecule has 0 saturated carbocycles. The number of rotatable bonds is 9. The van der Waals surface area contributed by atoms with Crippen molar-refractivity contribution in [3.05, 3.63) is 29.3 Å². The van der Waals surface area contributed by atoms with Gasteiger partial charge in [-0.3, -0.25) is 4.79 Å². The summed E-state index contributed by atoms with van der Waals surface area (Å²) in [6.45, 7) is 7.27. The van der Waals surface area contributed by atoms with E-state index in [1.54, 1.807) is 13.2 Å². The molecule has 0 aliphatic carbocycles. The summed E-state index contributed by atoms with van der Waals surface area (Å²) in [6, 6.07) is 5.45. The van der Waals surface area contributed by atoms with Crippen molar-refractivity contribution in [1.29, 1.82) is 0 Å². The van der Waals surface area contributed by atoms with Gasteiger partial charge in [0.05, 0.1) is 19.8 Å². The SMILES string of the molecule is CCCCCNC(=O)c1ccc(OC)c(COC(C)C)c1. The Morgan fingerprint density at radius 3 is 2.67 bits per heavy atom. The van der Waals surface area contributed by atoms with E-state index in [0.717, 1.165) is 37.1 Å². The van der Waals surface area contributed by atoms with Gasteiger partial charge in [0.25, 0.3) is 5.91 Å². The maximum absolute atomic E-state index is 12.1. The van der Waals surface area contributed by atoms with Crippen LogP contribution in [0.4, 0.5) is 0 Å². The Morgan fingerprint density at radius 1 is 1.29 bits per heavy atom. The van der Waals surface area contributed by atoms with Crippen LogP contribution >= 0.6 is 0 Å². The summed E-state index contributed by atoms with van der Waals surface area (Å²) in [4.78, 5) is 12.1. The van der Waals surface area contributed by atoms with E-state index in [-0.39, 0.29) is 12.0 Å². The molecule has 0 heterocycles. The summed E-state index contributed by atoms with van der Waals surface area (Å²) in [7, 11) is 1.62. The first kappa shape index (κ1) is 17.5. The molecule has 4 nitrogen and oxygen atoms in total. The zero-order valence-corrected chi connectivity index (χ0v) is 13.6. The molecule has 0 saturated heterocycles. The Balaban J connectivity index is 2.69. The van der Waals surface area contributed by atoms with Crippen molar-refractivity contribution < 1.29 is 14.3 Å². The summed E-state index contributed by atoms with van der Waals surface area (Å²) in [6.07, 6.45) is 3.44. The van der Waals surface area contributed by atoms with Crippen molar-refractivity contribution in [2.45, 2.75) is 52.7 Å². The standard InChI is InChI=1S/C17H27NO3/c1-5-6-7-10-18-17(19)14-8-9-16(20-4)15(11-14)12-21-13(2)3/h8-9,11,13H,5-7,10,12H2,1-4H3,(H,18,19). The average Bonchev–Trinajstić information content (AvgIpc) is 2.48. The molecule has 1 aromatic carbocycles. The smallest absolute Gasteiger partial charge is 0.251 e. The van der Waals surface area contributed by atoms with E-state index < -0.39 is 0 Å². The van der Waals surface area contributed by atoms with Crippen LogP contribution in [0.3, 0.4) is 0 Å². The maximum Gasteiger partial charge on any atom is 0.251 e. The van der Waals surface area contributed by atoms with Crippen LogP contribution in [0.15, 0.2) is 18.2 Å². The molecule has 0 aromatic heterocycles. The normalized spacial score (nSPS) is 10.7. The number of carbonyl (C=O) groups is 1. The Bertz CT molecular complexity index is 444. The van der Waals surface area contributed by atoms with E-state index >= 15 is 0 Å². The summed E-state index contributed by atoms with van der Waals surface area (Å²) < 4.78 is 10.9. The third-order valence-electron chi connectivity index (χ3n) is 3.18. The van der Waals surface area contributed by atoms with Gasteiger partial charge in [-0.15, -0.1) is 0 Å². The van der Waals surface area contributed by atoms with Crippen molar-refractivity contribution in [2.24, 2.45) is 0 Å². The van der Waals surface area contributed by atoms with Crippen molar-refractivity contribution >= 4 is 5.91 Å². The molecule has 0 radical (unpaired) electrons. The summed E-state index contributed by atoms with van der Waals surface area (Å²) in [5.74, 6) is 0.706. The van der Waals surface area contributed by atoms with Crippen LogP contribution in [0.1, 0.15) is 56.0 Å². The first-order chi connectivity index (χ1) is 10.1. The molecular weight excluding hydrogens is 266 g/mol. The minimum atomic E-state index is -0.0421. The quantitative estimate of drug-likeness (QED) is 0.708. The summed E-state index contributed by atoms with van der Waals surface area (Å²) >= 11 is 0. The lowest BCUT2D eigenvalue weighted by molar-refractivity contribution is 0.0644. The molecule has 1 amide bonds. The van der Waals surface area contributed by atoms with Crippen molar-refractivity contribution in [3.8, 4) is 5.75 Å². The van der Waals surface area contributed by atoms with Crippen LogP contribution in [0, 0.1) is 0 Å². The Morgan fingerprint density at radius 2 is 2.05 bits per heavy atom. The minimum Gasteiger partial charge on any atom is -0.496 e. The van der Waals surface area contributed by atoms with Crippen LogP contribution in [0.25, 0.3) is 0 Å². The molecule has 118 valence electrons. The lowest BCUT2D eigenvalue weighted by Crippen LogP contribution is -2.24. The third kappa shape index (κ3) is 6.17. The molecule has 0 aliphatic rings. The fourth-order valence-corrected chi connectivity index (χ4v) is 1.97. The summed E-state index contributed by atoms with van der Waals surface area (Å²) in [5, 5.41) is 2.94. The Labute approximate surface area is 127 Å². The molecule has 1 rings (SSSR count). The van der Waals surface area contributed by atoms with Crippen LogP contribution in [-0.2, 0) is 11.3 Å². The van der Waals surface area contributed by atoms with Gasteiger partial charge in [0, 0.05) is 17.7 Å². The molecule has 0 unspecified atom stereocenters. The number of amides is 1. The van der Waals surface area contributed by atoms with Gasteiger partial charge in [-0.05, 0) is 38.5 Å². The first-order valence-electron chi connectivity index (χ1n) is 7.65. The fourth-order valence-electron chi connectivity index (χ4n) is 1.97. The van der Waals surface area contributed by atoms with Gasteiger partial charge in [-0.25, -0.2) is 0 Å². The number of ether oxygens (including phenoxy) is 2. The minimum absolute atomic E-state index is 0.0421. The van der Waals surface area contributed by atoms with Gasteiger partial charge < -0.3 is 14.8 Å². The highest BCUT2D eigenvalue weighted by atomic mass is 16.5. The number of nitrogens with one attached hydrogen (secondary N) is 1. The van der Waals surface area contributed by atoms with E-state index in [1.165, 1.54) is 0 Å². The van der Waals surface area contributed by atoms with E-state index in [2.05, 4.69) is 12.2 Å². The molecule has 4 heteroatoms. The van der Waals surface area contributed by atoms with E-state index in [9.17, 15) is 4.79 Å². The van der Waals surface area contributed by atoms with E-state index in [4.69, 9.17) is 9.47 Å². The average molecular weight is 293 g/mol. The van der Waals surface area contributed by atoms with Gasteiger partial charge in [0.15, 0.2) is 0 Å². The number of unbranched alkanes of at least 4 members (excludes halogenated alkanes) is 2. The number of benzene rings is 1. The van der Waals surface area contributed by atoms with Crippen molar-refractivity contribution in [3.63, 3.8) is 0 Å². The van der Waals surface area contributed by atoms with Gasteiger partial charge in [-0.1, -0.05) is 19.8 Å². The number of hydrogen-bond donors (Lipinski definition) is 1. The molecule has 0 atom stereocenters. The Hall–Kier alpha value is -1.55. The number of carbonyl (C=O) groups excluding carboxylic acids is 1. The van der Waals surface area contributed by atoms with E-state index in [1.807, 2.05) is 26.0 Å². The predicted octanol–water partition coefficient (Wildman–Crippen LogP) is 3.54. The second-order valence-electron chi connectivity index (χ2n) is 5.35. The van der Waals surface area contributed by atoms with Crippen LogP contribution < -0.4 is 10.1 Å². The van der Waals surface area contributed by atoms with Gasteiger partial charge in [-0.2, -0.15) is 0 Å². The molecule has 0 spiro atoms. The molecule has 0 aliphatic heterocycles. The van der Waals surface area contributed by atoms with Crippen LogP contribution in [-0.4, -0.2) is 25.7 Å². The Kier molecular flexibility index (Phi) is 7.83. The van der Waals surface area contributed by atoms with Gasteiger partial charge in [0.2, 0.25) is 0 Å². The zero-order chi connectivity index (χ0) is 15.7. The zero-order valence-electron chi connectivity index (χ0n) is 13.6. The summed E-state index contributed by atoms with van der Waals surface area (Å²) in [5.41, 5.74) is 1.54. The predicted molar refractivity (Wildman–Crippen MR) is 84.8 cm³/mol. The molecule has 0 bridgehead atoms. The first-order valence-corrected chi connectivity index (χ1v) is 7.65. The number of methoxy groups -OCH3 is 1. The highest BCUT2D eigenvalue weighted by Gasteiger charge is 2.10. The van der Waals surface area contributed by atoms with Crippen LogP contribution in [0.5, 0.6) is 5.75 Å². The highest BCUT2D eigenvalue weighted by Crippen LogP contribution is 2.21. The lowest BCUT2D eigenvalue weighted by Gasteiger charge is -2.13. The second-order valence-corrected chi connectivity index (χ2v) is 5.35. The highest BCUT2D eigenvalue weighted by molar-refractivity contribution is 5.94. The van der Waals surface area contributed by atoms with Gasteiger partial charge in [0.1, 0.15) is 5.75 Å². The van der Waals surface area contributed by atoms with Crippen molar-refractivity contribution in [2.75, 3.05) is 13.7 Å². The second kappa shape index (κ2) is 9.40. The largest absolute Gasteiger partial charge is 0.496 e. The number of hydrogen-bond acceptors (Lipinski definition) is 3. The lowest BCUT2D eigenvalue weighted by atomic mass is 10.1. The fraction of sp³-hybridized carbons (Fsp3) is 0.588. The molecular formula is C17H27NO3. The van der Waals surface area contributed by atoms with Gasteiger partial charge >= 0.3 is 0 Å². The van der Waals surface area contributed by atoms with Crippen molar-refractivity contribution in [1.82, 2.24) is 5.32 Å². The molecule has 1 aromatic rings. The molecule has 0 fully saturated rings. The molecule has 21 heavy (non-hydrogen) atoms. The maximum atomic E-state index is 12.1. The van der Waals surface area contributed by atoms with Crippen LogP contribution in [0.2, 0.25) is 0 Å².